The van der Waals surface area contributed by atoms with Gasteiger partial charge in [-0.15, -0.1) is 0 Å². The zero-order valence-corrected chi connectivity index (χ0v) is 11.7. The Kier molecular flexibility index (Phi) is 4.33. The van der Waals surface area contributed by atoms with Crippen molar-refractivity contribution in [2.45, 2.75) is 13.0 Å². The molecule has 0 bridgehead atoms. The lowest BCUT2D eigenvalue weighted by atomic mass is 10.2. The second-order valence-corrected chi connectivity index (χ2v) is 4.97. The molecule has 0 aliphatic carbocycles. The summed E-state index contributed by atoms with van der Waals surface area (Å²) >= 11 is 3.48. The minimum atomic E-state index is -0.605. The maximum atomic E-state index is 9.97. The van der Waals surface area contributed by atoms with Gasteiger partial charge in [-0.25, -0.2) is 0 Å². The minimum Gasteiger partial charge on any atom is -0.385 e. The Bertz CT molecular complexity index is 516. The van der Waals surface area contributed by atoms with Crippen LogP contribution in [0.2, 0.25) is 0 Å². The molecule has 0 amide bonds. The van der Waals surface area contributed by atoms with Gasteiger partial charge in [0.2, 0.25) is 0 Å². The third kappa shape index (κ3) is 3.31. The monoisotopic (exact) mass is 306 g/mol. The summed E-state index contributed by atoms with van der Waals surface area (Å²) < 4.78 is 1.06. The van der Waals surface area contributed by atoms with E-state index < -0.39 is 6.10 Å². The molecular formula is C14H15BrN2O. The van der Waals surface area contributed by atoms with Gasteiger partial charge in [-0.2, -0.15) is 0 Å². The van der Waals surface area contributed by atoms with E-state index in [-0.39, 0.29) is 0 Å². The Morgan fingerprint density at radius 3 is 2.83 bits per heavy atom. The fourth-order valence-corrected chi connectivity index (χ4v) is 1.97. The van der Waals surface area contributed by atoms with E-state index in [1.807, 2.05) is 43.3 Å². The lowest BCUT2D eigenvalue weighted by molar-refractivity contribution is 0.187. The van der Waals surface area contributed by atoms with Crippen LogP contribution in [-0.2, 0) is 0 Å². The Labute approximate surface area is 115 Å². The van der Waals surface area contributed by atoms with Crippen LogP contribution in [0.1, 0.15) is 17.4 Å². The highest BCUT2D eigenvalue weighted by atomic mass is 79.9. The number of halogens is 1. The van der Waals surface area contributed by atoms with E-state index in [0.29, 0.717) is 12.2 Å². The van der Waals surface area contributed by atoms with Gasteiger partial charge in [0, 0.05) is 22.9 Å². The molecule has 2 aromatic rings. The van der Waals surface area contributed by atoms with Gasteiger partial charge >= 0.3 is 0 Å². The van der Waals surface area contributed by atoms with Gasteiger partial charge in [-0.1, -0.05) is 28.1 Å². The van der Waals surface area contributed by atoms with Crippen LogP contribution in [0, 0.1) is 6.92 Å². The standard InChI is InChI=1S/C14H15BrN2O/c1-10-5-6-11(8-12(10)15)17-9-14(18)13-4-2-3-7-16-13/h2-8,14,17-18H,9H2,1H3. The average molecular weight is 307 g/mol. The normalized spacial score (nSPS) is 12.2. The first-order chi connectivity index (χ1) is 8.66. The number of anilines is 1. The van der Waals surface area contributed by atoms with Gasteiger partial charge < -0.3 is 10.4 Å². The molecule has 2 N–H and O–H groups in total. The zero-order valence-electron chi connectivity index (χ0n) is 10.1. The van der Waals surface area contributed by atoms with Crippen LogP contribution in [0.3, 0.4) is 0 Å². The van der Waals surface area contributed by atoms with Crippen molar-refractivity contribution in [2.24, 2.45) is 0 Å². The van der Waals surface area contributed by atoms with Crippen molar-refractivity contribution in [2.75, 3.05) is 11.9 Å². The highest BCUT2D eigenvalue weighted by Gasteiger charge is 2.08. The molecular weight excluding hydrogens is 292 g/mol. The van der Waals surface area contributed by atoms with Crippen LogP contribution in [0.5, 0.6) is 0 Å². The third-order valence-corrected chi connectivity index (χ3v) is 3.55. The summed E-state index contributed by atoms with van der Waals surface area (Å²) in [6.45, 7) is 2.48. The molecule has 1 heterocycles. The number of aromatic nitrogens is 1. The van der Waals surface area contributed by atoms with Crippen LogP contribution in [-0.4, -0.2) is 16.6 Å². The predicted molar refractivity (Wildman–Crippen MR) is 76.6 cm³/mol. The first-order valence-corrected chi connectivity index (χ1v) is 6.55. The van der Waals surface area contributed by atoms with E-state index in [4.69, 9.17) is 0 Å². The molecule has 0 fully saturated rings. The van der Waals surface area contributed by atoms with Crippen LogP contribution in [0.15, 0.2) is 47.1 Å². The number of nitrogens with one attached hydrogen (secondary N) is 1. The highest BCUT2D eigenvalue weighted by Crippen LogP contribution is 2.21. The molecule has 94 valence electrons. The summed E-state index contributed by atoms with van der Waals surface area (Å²) in [5.74, 6) is 0. The first-order valence-electron chi connectivity index (χ1n) is 5.76. The van der Waals surface area contributed by atoms with E-state index in [1.54, 1.807) is 6.20 Å². The summed E-state index contributed by atoms with van der Waals surface area (Å²) in [6, 6.07) is 11.5. The van der Waals surface area contributed by atoms with Gasteiger partial charge in [-0.3, -0.25) is 4.98 Å². The van der Waals surface area contributed by atoms with Crippen LogP contribution in [0.25, 0.3) is 0 Å². The first kappa shape index (κ1) is 13.1. The van der Waals surface area contributed by atoms with Crippen molar-refractivity contribution in [1.82, 2.24) is 4.98 Å². The number of hydrogen-bond acceptors (Lipinski definition) is 3. The number of aliphatic hydroxyl groups is 1. The van der Waals surface area contributed by atoms with Crippen LogP contribution in [0.4, 0.5) is 5.69 Å². The Morgan fingerprint density at radius 2 is 2.17 bits per heavy atom. The lowest BCUT2D eigenvalue weighted by Crippen LogP contribution is -2.13. The molecule has 18 heavy (non-hydrogen) atoms. The molecule has 0 spiro atoms. The summed E-state index contributed by atoms with van der Waals surface area (Å²) in [5.41, 5.74) is 2.84. The van der Waals surface area contributed by atoms with Crippen LogP contribution >= 0.6 is 15.9 Å². The molecule has 0 saturated heterocycles. The largest absolute Gasteiger partial charge is 0.385 e. The SMILES string of the molecule is Cc1ccc(NCC(O)c2ccccn2)cc1Br. The third-order valence-electron chi connectivity index (χ3n) is 2.70. The molecule has 0 aliphatic rings. The average Bonchev–Trinajstić information content (AvgIpc) is 2.41. The van der Waals surface area contributed by atoms with E-state index in [0.717, 1.165) is 10.2 Å². The molecule has 0 aliphatic heterocycles. The van der Waals surface area contributed by atoms with Gasteiger partial charge in [0.05, 0.1) is 5.69 Å². The predicted octanol–water partition coefficient (Wildman–Crippen LogP) is 3.30. The molecule has 2 rings (SSSR count). The number of pyridine rings is 1. The van der Waals surface area contributed by atoms with Gasteiger partial charge in [-0.05, 0) is 36.8 Å². The number of nitrogens with zero attached hydrogens (tertiary/aromatic N) is 1. The van der Waals surface area contributed by atoms with Crippen molar-refractivity contribution < 1.29 is 5.11 Å². The van der Waals surface area contributed by atoms with Crippen molar-refractivity contribution in [3.05, 3.63) is 58.3 Å². The number of aliphatic hydroxyl groups excluding tert-OH is 1. The molecule has 1 unspecified atom stereocenters. The highest BCUT2D eigenvalue weighted by molar-refractivity contribution is 9.10. The van der Waals surface area contributed by atoms with Gasteiger partial charge in [0.15, 0.2) is 0 Å². The Balaban J connectivity index is 1.97. The second kappa shape index (κ2) is 5.98. The molecule has 1 aromatic heterocycles. The molecule has 0 radical (unpaired) electrons. The van der Waals surface area contributed by atoms with E-state index in [2.05, 4.69) is 26.2 Å². The summed E-state index contributed by atoms with van der Waals surface area (Å²) in [7, 11) is 0. The fraction of sp³-hybridized carbons (Fsp3) is 0.214. The summed E-state index contributed by atoms with van der Waals surface area (Å²) in [5, 5.41) is 13.2. The lowest BCUT2D eigenvalue weighted by Gasteiger charge is -2.13. The number of rotatable bonds is 4. The number of aryl methyl sites for hydroxylation is 1. The molecule has 4 heteroatoms. The van der Waals surface area contributed by atoms with Crippen molar-refractivity contribution in [3.63, 3.8) is 0 Å². The number of hydrogen-bond donors (Lipinski definition) is 2. The van der Waals surface area contributed by atoms with Crippen molar-refractivity contribution in [1.29, 1.82) is 0 Å². The smallest absolute Gasteiger partial charge is 0.113 e. The zero-order chi connectivity index (χ0) is 13.0. The molecule has 1 atom stereocenters. The molecule has 0 saturated carbocycles. The van der Waals surface area contributed by atoms with Gasteiger partial charge in [0.1, 0.15) is 6.10 Å². The second-order valence-electron chi connectivity index (χ2n) is 4.12. The van der Waals surface area contributed by atoms with Crippen LogP contribution < -0.4 is 5.32 Å². The maximum absolute atomic E-state index is 9.97. The van der Waals surface area contributed by atoms with Gasteiger partial charge in [0.25, 0.3) is 0 Å². The Hall–Kier alpha value is -1.39. The number of benzene rings is 1. The summed E-state index contributed by atoms with van der Waals surface area (Å²) in [4.78, 5) is 4.12. The maximum Gasteiger partial charge on any atom is 0.113 e. The topological polar surface area (TPSA) is 45.1 Å². The molecule has 3 nitrogen and oxygen atoms in total. The molecule has 1 aromatic carbocycles. The van der Waals surface area contributed by atoms with Crippen molar-refractivity contribution in [3.8, 4) is 0 Å². The minimum absolute atomic E-state index is 0.437. The Morgan fingerprint density at radius 1 is 1.33 bits per heavy atom. The van der Waals surface area contributed by atoms with E-state index >= 15 is 0 Å². The van der Waals surface area contributed by atoms with E-state index in [9.17, 15) is 5.11 Å². The summed E-state index contributed by atoms with van der Waals surface area (Å²) in [6.07, 6.45) is 1.08. The quantitative estimate of drug-likeness (QED) is 0.911. The van der Waals surface area contributed by atoms with Crippen molar-refractivity contribution >= 4 is 21.6 Å². The fourth-order valence-electron chi connectivity index (χ4n) is 1.59. The van der Waals surface area contributed by atoms with E-state index in [1.165, 1.54) is 5.56 Å².